The van der Waals surface area contributed by atoms with Crippen molar-refractivity contribution in [2.45, 2.75) is 27.2 Å². The van der Waals surface area contributed by atoms with E-state index in [-0.39, 0.29) is 5.75 Å². The highest BCUT2D eigenvalue weighted by molar-refractivity contribution is 5.96. The summed E-state index contributed by atoms with van der Waals surface area (Å²) in [4.78, 5) is 13.1. The second kappa shape index (κ2) is 9.15. The third-order valence-corrected chi connectivity index (χ3v) is 4.52. The summed E-state index contributed by atoms with van der Waals surface area (Å²) in [5, 5.41) is 14.5. The predicted molar refractivity (Wildman–Crippen MR) is 120 cm³/mol. The highest BCUT2D eigenvalue weighted by Gasteiger charge is 2.11. The molecule has 0 aliphatic rings. The van der Waals surface area contributed by atoms with E-state index in [0.29, 0.717) is 17.9 Å². The molecule has 0 aliphatic heterocycles. The van der Waals surface area contributed by atoms with Crippen molar-refractivity contribution in [2.75, 3.05) is 11.9 Å². The van der Waals surface area contributed by atoms with E-state index in [9.17, 15) is 5.11 Å². The lowest BCUT2D eigenvalue weighted by Crippen LogP contribution is -2.05. The van der Waals surface area contributed by atoms with E-state index >= 15 is 0 Å². The average Bonchev–Trinajstić information content (AvgIpc) is 2.71. The van der Waals surface area contributed by atoms with E-state index in [1.54, 1.807) is 6.07 Å². The van der Waals surface area contributed by atoms with Crippen LogP contribution >= 0.6 is 0 Å². The Morgan fingerprint density at radius 2 is 2.00 bits per heavy atom. The minimum atomic E-state index is 0.101. The summed E-state index contributed by atoms with van der Waals surface area (Å²) in [6.07, 6.45) is 10.5. The molecule has 0 unspecified atom stereocenters. The van der Waals surface area contributed by atoms with Gasteiger partial charge >= 0.3 is 0 Å². The largest absolute Gasteiger partial charge is 0.506 e. The summed E-state index contributed by atoms with van der Waals surface area (Å²) >= 11 is 0. The third-order valence-electron chi connectivity index (χ3n) is 4.52. The van der Waals surface area contributed by atoms with Crippen molar-refractivity contribution < 1.29 is 5.11 Å². The highest BCUT2D eigenvalue weighted by Crippen LogP contribution is 2.32. The van der Waals surface area contributed by atoms with Gasteiger partial charge < -0.3 is 10.4 Å². The maximum absolute atomic E-state index is 10.5. The molecule has 3 aromatic rings. The van der Waals surface area contributed by atoms with Crippen LogP contribution in [0.2, 0.25) is 0 Å². The quantitative estimate of drug-likeness (QED) is 0.518. The Labute approximate surface area is 171 Å². The van der Waals surface area contributed by atoms with Gasteiger partial charge in [0.25, 0.3) is 0 Å². The fourth-order valence-corrected chi connectivity index (χ4v) is 2.97. The van der Waals surface area contributed by atoms with Crippen LogP contribution in [0.15, 0.2) is 72.7 Å². The molecule has 0 saturated heterocycles. The summed E-state index contributed by atoms with van der Waals surface area (Å²) in [6.45, 7) is 10.8. The maximum atomic E-state index is 10.5. The molecule has 2 N–H and O–H groups in total. The van der Waals surface area contributed by atoms with Crippen LogP contribution in [0.5, 0.6) is 5.75 Å². The van der Waals surface area contributed by atoms with Crippen LogP contribution < -0.4 is 5.32 Å². The Hall–Kier alpha value is -3.47. The molecule has 0 saturated carbocycles. The molecule has 0 aliphatic carbocycles. The van der Waals surface area contributed by atoms with Crippen molar-refractivity contribution in [2.24, 2.45) is 0 Å². The van der Waals surface area contributed by atoms with Gasteiger partial charge in [-0.05, 0) is 49.6 Å². The van der Waals surface area contributed by atoms with Gasteiger partial charge in [-0.15, -0.1) is 0 Å². The standard InChI is InChI=1S/C24H26N4O/c1-5-6-16(2)7-8-17(3)14-26-24-20-11-19(21-10-9-18(4)13-25-21)12-22(29)23(20)27-15-28-24/h6-13,15,29H,3,5,14H2,1-2,4H3,(H,26,27,28)/b8-7-,16-6+. The number of pyridine rings is 1. The molecule has 0 fully saturated rings. The van der Waals surface area contributed by atoms with Crippen LogP contribution in [0.4, 0.5) is 5.82 Å². The first-order valence-electron chi connectivity index (χ1n) is 9.65. The van der Waals surface area contributed by atoms with Crippen molar-refractivity contribution in [1.82, 2.24) is 15.0 Å². The number of fused-ring (bicyclic) bond motifs is 1. The number of phenols is 1. The number of benzene rings is 1. The zero-order valence-electron chi connectivity index (χ0n) is 17.1. The molecule has 0 radical (unpaired) electrons. The van der Waals surface area contributed by atoms with Crippen LogP contribution in [-0.2, 0) is 0 Å². The number of aromatic nitrogens is 3. The Balaban J connectivity index is 1.87. The number of aromatic hydroxyl groups is 1. The average molecular weight is 386 g/mol. The van der Waals surface area contributed by atoms with Gasteiger partial charge in [0.05, 0.1) is 5.69 Å². The smallest absolute Gasteiger partial charge is 0.142 e. The van der Waals surface area contributed by atoms with Gasteiger partial charge in [-0.25, -0.2) is 9.97 Å². The van der Waals surface area contributed by atoms with Gasteiger partial charge in [0, 0.05) is 23.7 Å². The number of hydrogen-bond donors (Lipinski definition) is 2. The van der Waals surface area contributed by atoms with Crippen molar-refractivity contribution in [3.05, 3.63) is 78.3 Å². The first-order chi connectivity index (χ1) is 14.0. The SMILES string of the molecule is C=C(/C=C\C(C)=C\CC)CNc1ncnc2c(O)cc(-c3ccc(C)cn3)cc12. The molecule has 0 atom stereocenters. The van der Waals surface area contributed by atoms with Crippen molar-refractivity contribution >= 4 is 16.7 Å². The van der Waals surface area contributed by atoms with Crippen molar-refractivity contribution in [3.8, 4) is 17.0 Å². The summed E-state index contributed by atoms with van der Waals surface area (Å²) in [7, 11) is 0. The molecule has 0 spiro atoms. The van der Waals surface area contributed by atoms with Crippen molar-refractivity contribution in [3.63, 3.8) is 0 Å². The number of anilines is 1. The summed E-state index contributed by atoms with van der Waals surface area (Å²) in [5.41, 5.74) is 5.32. The zero-order valence-corrected chi connectivity index (χ0v) is 17.1. The number of hydrogen-bond acceptors (Lipinski definition) is 5. The van der Waals surface area contributed by atoms with Crippen LogP contribution in [0.1, 0.15) is 25.8 Å². The first kappa shape index (κ1) is 20.3. The van der Waals surface area contributed by atoms with Gasteiger partial charge in [-0.1, -0.05) is 43.4 Å². The number of nitrogens with one attached hydrogen (secondary N) is 1. The molecule has 3 rings (SSSR count). The lowest BCUT2D eigenvalue weighted by molar-refractivity contribution is 0.480. The summed E-state index contributed by atoms with van der Waals surface area (Å²) < 4.78 is 0. The third kappa shape index (κ3) is 5.08. The Bertz CT molecular complexity index is 1080. The molecule has 2 heterocycles. The number of rotatable bonds is 7. The molecule has 148 valence electrons. The zero-order chi connectivity index (χ0) is 20.8. The fourth-order valence-electron chi connectivity index (χ4n) is 2.97. The molecule has 2 aromatic heterocycles. The number of phenolic OH excluding ortho intramolecular Hbond substituents is 1. The number of allylic oxidation sites excluding steroid dienone is 3. The molecule has 1 aromatic carbocycles. The molecule has 29 heavy (non-hydrogen) atoms. The predicted octanol–water partition coefficient (Wildman–Crippen LogP) is 5.59. The Morgan fingerprint density at radius 3 is 2.72 bits per heavy atom. The second-order valence-electron chi connectivity index (χ2n) is 7.04. The van der Waals surface area contributed by atoms with Crippen LogP contribution in [0, 0.1) is 6.92 Å². The first-order valence-corrected chi connectivity index (χ1v) is 9.65. The van der Waals surface area contributed by atoms with E-state index in [0.717, 1.165) is 34.2 Å². The monoisotopic (exact) mass is 386 g/mol. The lowest BCUT2D eigenvalue weighted by Gasteiger charge is -2.11. The molecular formula is C24H26N4O. The van der Waals surface area contributed by atoms with E-state index in [2.05, 4.69) is 52.8 Å². The Kier molecular flexibility index (Phi) is 6.39. The summed E-state index contributed by atoms with van der Waals surface area (Å²) in [5.74, 6) is 0.749. The molecule has 0 bridgehead atoms. The van der Waals surface area contributed by atoms with E-state index in [4.69, 9.17) is 0 Å². The van der Waals surface area contributed by atoms with E-state index in [1.165, 1.54) is 11.9 Å². The van der Waals surface area contributed by atoms with Crippen LogP contribution in [-0.4, -0.2) is 26.6 Å². The molecular weight excluding hydrogens is 360 g/mol. The Morgan fingerprint density at radius 1 is 1.17 bits per heavy atom. The topological polar surface area (TPSA) is 70.9 Å². The molecule has 5 heteroatoms. The van der Waals surface area contributed by atoms with Gasteiger partial charge in [0.2, 0.25) is 0 Å². The minimum absolute atomic E-state index is 0.101. The van der Waals surface area contributed by atoms with Crippen molar-refractivity contribution in [1.29, 1.82) is 0 Å². The van der Waals surface area contributed by atoms with E-state index in [1.807, 2.05) is 37.4 Å². The second-order valence-corrected chi connectivity index (χ2v) is 7.04. The fraction of sp³-hybridized carbons (Fsp3) is 0.208. The van der Waals surface area contributed by atoms with E-state index < -0.39 is 0 Å². The van der Waals surface area contributed by atoms with Gasteiger partial charge in [0.1, 0.15) is 23.4 Å². The molecule has 0 amide bonds. The highest BCUT2D eigenvalue weighted by atomic mass is 16.3. The van der Waals surface area contributed by atoms with Gasteiger partial charge in [-0.2, -0.15) is 0 Å². The minimum Gasteiger partial charge on any atom is -0.506 e. The van der Waals surface area contributed by atoms with Crippen LogP contribution in [0.3, 0.4) is 0 Å². The lowest BCUT2D eigenvalue weighted by atomic mass is 10.1. The normalized spacial score (nSPS) is 11.9. The number of aryl methyl sites for hydroxylation is 1. The van der Waals surface area contributed by atoms with Crippen LogP contribution in [0.25, 0.3) is 22.2 Å². The van der Waals surface area contributed by atoms with Gasteiger partial charge in [-0.3, -0.25) is 4.98 Å². The van der Waals surface area contributed by atoms with Gasteiger partial charge in [0.15, 0.2) is 0 Å². The maximum Gasteiger partial charge on any atom is 0.142 e. The number of nitrogens with zero attached hydrogens (tertiary/aromatic N) is 3. The molecule has 5 nitrogen and oxygen atoms in total. The summed E-state index contributed by atoms with van der Waals surface area (Å²) in [6, 6.07) is 7.56.